The van der Waals surface area contributed by atoms with Crippen LogP contribution < -0.4 is 10.6 Å². The van der Waals surface area contributed by atoms with Gasteiger partial charge in [-0.15, -0.1) is 0 Å². The third-order valence-corrected chi connectivity index (χ3v) is 2.73. The molecule has 0 aliphatic carbocycles. The highest BCUT2D eigenvalue weighted by molar-refractivity contribution is 5.82. The number of carbonyl (C=O) groups excluding carboxylic acids is 1. The minimum Gasteiger partial charge on any atom is -0.339 e. The van der Waals surface area contributed by atoms with Gasteiger partial charge in [0.05, 0.1) is 6.04 Å². The Kier molecular flexibility index (Phi) is 2.80. The van der Waals surface area contributed by atoms with Crippen LogP contribution in [0.4, 0.5) is 0 Å². The summed E-state index contributed by atoms with van der Waals surface area (Å²) in [4.78, 5) is 13.8. The van der Waals surface area contributed by atoms with Crippen LogP contribution in [0, 0.1) is 0 Å². The van der Waals surface area contributed by atoms with Gasteiger partial charge in [-0.3, -0.25) is 4.79 Å². The molecule has 0 bridgehead atoms. The number of nitrogens with one attached hydrogen (secondary N) is 1. The number of nitrogens with zero attached hydrogens (tertiary/aromatic N) is 2. The monoisotopic (exact) mass is 182 g/mol. The van der Waals surface area contributed by atoms with Gasteiger partial charge in [-0.2, -0.15) is 0 Å². The van der Waals surface area contributed by atoms with Crippen molar-refractivity contribution >= 4 is 5.91 Å². The van der Waals surface area contributed by atoms with Gasteiger partial charge < -0.3 is 10.2 Å². The molecule has 0 aromatic carbocycles. The Morgan fingerprint density at radius 2 is 2.15 bits per heavy atom. The normalized spacial score (nSPS) is 29.2. The zero-order valence-corrected chi connectivity index (χ0v) is 7.83. The van der Waals surface area contributed by atoms with E-state index in [0.29, 0.717) is 0 Å². The largest absolute Gasteiger partial charge is 0.339 e. The highest BCUT2D eigenvalue weighted by atomic mass is 16.2. The maximum Gasteiger partial charge on any atom is 0.239 e. The summed E-state index contributed by atoms with van der Waals surface area (Å²) in [6.45, 7) is 4.26. The van der Waals surface area contributed by atoms with Crippen molar-refractivity contribution in [2.75, 3.05) is 32.7 Å². The molecule has 2 rings (SSSR count). The summed E-state index contributed by atoms with van der Waals surface area (Å²) < 4.78 is 0. The van der Waals surface area contributed by atoms with Crippen molar-refractivity contribution in [2.24, 2.45) is 0 Å². The van der Waals surface area contributed by atoms with E-state index in [-0.39, 0.29) is 11.9 Å². The number of hydrogen-bond acceptors (Lipinski definition) is 2. The van der Waals surface area contributed by atoms with E-state index in [0.717, 1.165) is 45.6 Å². The number of hydrogen-bond donors (Lipinski definition) is 1. The van der Waals surface area contributed by atoms with E-state index >= 15 is 0 Å². The van der Waals surface area contributed by atoms with E-state index in [4.69, 9.17) is 0 Å². The van der Waals surface area contributed by atoms with Gasteiger partial charge in [0.2, 0.25) is 5.91 Å². The minimum absolute atomic E-state index is 0.0955. The van der Waals surface area contributed by atoms with Crippen LogP contribution in [0.25, 0.3) is 0 Å². The summed E-state index contributed by atoms with van der Waals surface area (Å²) in [6.07, 6.45) is 2.14. The predicted molar refractivity (Wildman–Crippen MR) is 49.5 cm³/mol. The molecule has 73 valence electrons. The molecule has 2 fully saturated rings. The lowest BCUT2D eigenvalue weighted by Crippen LogP contribution is -2.50. The van der Waals surface area contributed by atoms with Crippen molar-refractivity contribution in [3.8, 4) is 0 Å². The first kappa shape index (κ1) is 8.97. The minimum atomic E-state index is 0.0955. The second kappa shape index (κ2) is 4.07. The van der Waals surface area contributed by atoms with Crippen LogP contribution in [-0.2, 0) is 4.79 Å². The molecular formula is C9H16N3O. The van der Waals surface area contributed by atoms with Gasteiger partial charge in [0.1, 0.15) is 0 Å². The van der Waals surface area contributed by atoms with Crippen molar-refractivity contribution in [3.63, 3.8) is 0 Å². The van der Waals surface area contributed by atoms with Gasteiger partial charge in [-0.05, 0) is 19.4 Å². The number of rotatable bonds is 1. The summed E-state index contributed by atoms with van der Waals surface area (Å²) in [5.74, 6) is 0.285. The van der Waals surface area contributed by atoms with Crippen LogP contribution in [-0.4, -0.2) is 49.6 Å². The predicted octanol–water partition coefficient (Wildman–Crippen LogP) is -0.815. The van der Waals surface area contributed by atoms with Gasteiger partial charge >= 0.3 is 0 Å². The van der Waals surface area contributed by atoms with E-state index in [2.05, 4.69) is 10.6 Å². The van der Waals surface area contributed by atoms with Crippen molar-refractivity contribution < 1.29 is 4.79 Å². The van der Waals surface area contributed by atoms with Gasteiger partial charge in [0.25, 0.3) is 0 Å². The van der Waals surface area contributed by atoms with Crippen LogP contribution in [0.15, 0.2) is 0 Å². The maximum absolute atomic E-state index is 11.8. The lowest BCUT2D eigenvalue weighted by atomic mass is 10.2. The average molecular weight is 182 g/mol. The molecule has 0 spiro atoms. The van der Waals surface area contributed by atoms with Crippen molar-refractivity contribution in [2.45, 2.75) is 18.9 Å². The fourth-order valence-corrected chi connectivity index (χ4v) is 1.94. The van der Waals surface area contributed by atoms with Crippen LogP contribution in [0.2, 0.25) is 0 Å². The Morgan fingerprint density at radius 1 is 1.38 bits per heavy atom. The molecule has 0 unspecified atom stereocenters. The van der Waals surface area contributed by atoms with E-state index in [1.54, 1.807) is 0 Å². The topological polar surface area (TPSA) is 46.4 Å². The Morgan fingerprint density at radius 3 is 2.77 bits per heavy atom. The van der Waals surface area contributed by atoms with Gasteiger partial charge in [0, 0.05) is 26.2 Å². The van der Waals surface area contributed by atoms with E-state index in [1.807, 2.05) is 4.90 Å². The Labute approximate surface area is 78.7 Å². The molecule has 4 heteroatoms. The first-order valence-electron chi connectivity index (χ1n) is 5.03. The molecule has 0 aromatic rings. The van der Waals surface area contributed by atoms with E-state index < -0.39 is 0 Å². The molecule has 0 aromatic heterocycles. The molecule has 2 aliphatic heterocycles. The van der Waals surface area contributed by atoms with Crippen LogP contribution in [0.5, 0.6) is 0 Å². The fourth-order valence-electron chi connectivity index (χ4n) is 1.94. The molecule has 13 heavy (non-hydrogen) atoms. The van der Waals surface area contributed by atoms with Crippen LogP contribution >= 0.6 is 0 Å². The molecule has 2 aliphatic rings. The molecular weight excluding hydrogens is 166 g/mol. The highest BCUT2D eigenvalue weighted by Gasteiger charge is 2.27. The summed E-state index contributed by atoms with van der Waals surface area (Å²) in [6, 6.07) is 0.0955. The Bertz CT molecular complexity index is 183. The summed E-state index contributed by atoms with van der Waals surface area (Å²) >= 11 is 0. The van der Waals surface area contributed by atoms with Crippen molar-refractivity contribution in [1.82, 2.24) is 15.5 Å². The van der Waals surface area contributed by atoms with Crippen LogP contribution in [0.1, 0.15) is 12.8 Å². The molecule has 2 heterocycles. The smallest absolute Gasteiger partial charge is 0.239 e. The first-order chi connectivity index (χ1) is 6.38. The zero-order valence-electron chi connectivity index (χ0n) is 7.83. The van der Waals surface area contributed by atoms with Crippen LogP contribution in [0.3, 0.4) is 0 Å². The lowest BCUT2D eigenvalue weighted by molar-refractivity contribution is -0.133. The molecule has 1 amide bonds. The number of carbonyl (C=O) groups is 1. The third kappa shape index (κ3) is 2.00. The fraction of sp³-hybridized carbons (Fsp3) is 0.889. The SMILES string of the molecule is O=C([C@H]1CCCN1)N1CC[N]CC1. The second-order valence-corrected chi connectivity index (χ2v) is 3.65. The molecule has 1 radical (unpaired) electrons. The van der Waals surface area contributed by atoms with E-state index in [1.165, 1.54) is 0 Å². The van der Waals surface area contributed by atoms with Gasteiger partial charge in [-0.1, -0.05) is 0 Å². The van der Waals surface area contributed by atoms with Gasteiger partial charge in [-0.25, -0.2) is 5.32 Å². The summed E-state index contributed by atoms with van der Waals surface area (Å²) in [7, 11) is 0. The van der Waals surface area contributed by atoms with E-state index in [9.17, 15) is 4.79 Å². The first-order valence-corrected chi connectivity index (χ1v) is 5.03. The van der Waals surface area contributed by atoms with Crippen molar-refractivity contribution in [3.05, 3.63) is 0 Å². The number of amides is 1. The molecule has 0 saturated carbocycles. The summed E-state index contributed by atoms with van der Waals surface area (Å²) in [5.41, 5.74) is 0. The molecule has 1 atom stereocenters. The molecule has 1 N–H and O–H groups in total. The Balaban J connectivity index is 1.87. The lowest BCUT2D eigenvalue weighted by Gasteiger charge is -2.28. The molecule has 2 saturated heterocycles. The molecule has 4 nitrogen and oxygen atoms in total. The maximum atomic E-state index is 11.8. The third-order valence-electron chi connectivity index (χ3n) is 2.73. The Hall–Kier alpha value is -0.610. The zero-order chi connectivity index (χ0) is 9.10. The second-order valence-electron chi connectivity index (χ2n) is 3.65. The quantitative estimate of drug-likeness (QED) is 0.576. The standard InChI is InChI=1S/C9H16N3O/c13-9(8-2-1-3-11-8)12-6-4-10-5-7-12/h8,11H,1-7H2/t8-/m1/s1. The average Bonchev–Trinajstić information content (AvgIpc) is 2.71. The number of piperazine rings is 1. The van der Waals surface area contributed by atoms with Gasteiger partial charge in [0.15, 0.2) is 0 Å². The highest BCUT2D eigenvalue weighted by Crippen LogP contribution is 2.09. The summed E-state index contributed by atoms with van der Waals surface area (Å²) in [5, 5.41) is 7.45. The van der Waals surface area contributed by atoms with Crippen molar-refractivity contribution in [1.29, 1.82) is 0 Å².